The van der Waals surface area contributed by atoms with Crippen molar-refractivity contribution in [3.8, 4) is 5.75 Å². The van der Waals surface area contributed by atoms with Crippen LogP contribution in [0, 0.1) is 6.92 Å². The molecule has 0 amide bonds. The highest BCUT2D eigenvalue weighted by atomic mass is 16.5. The molecule has 0 fully saturated rings. The highest BCUT2D eigenvalue weighted by Crippen LogP contribution is 2.30. The number of hydrogen-bond acceptors (Lipinski definition) is 3. The molecule has 4 nitrogen and oxygen atoms in total. The van der Waals surface area contributed by atoms with E-state index in [0.29, 0.717) is 0 Å². The summed E-state index contributed by atoms with van der Waals surface area (Å²) in [6.07, 6.45) is 1.85. The van der Waals surface area contributed by atoms with E-state index in [1.165, 1.54) is 11.3 Å². The van der Waals surface area contributed by atoms with Crippen LogP contribution in [0.2, 0.25) is 0 Å². The summed E-state index contributed by atoms with van der Waals surface area (Å²) in [5.74, 6) is 0.908. The molecular formula is C16H23N3O. The number of rotatable bonds is 6. The van der Waals surface area contributed by atoms with Crippen LogP contribution in [0.1, 0.15) is 36.7 Å². The smallest absolute Gasteiger partial charge is 0.124 e. The maximum absolute atomic E-state index is 5.53. The summed E-state index contributed by atoms with van der Waals surface area (Å²) in [5, 5.41) is 7.91. The van der Waals surface area contributed by atoms with Gasteiger partial charge in [0.2, 0.25) is 0 Å². The average Bonchev–Trinajstić information content (AvgIpc) is 2.93. The normalized spacial score (nSPS) is 12.4. The maximum atomic E-state index is 5.53. The van der Waals surface area contributed by atoms with Crippen molar-refractivity contribution in [2.45, 2.75) is 33.4 Å². The second kappa shape index (κ2) is 6.57. The Labute approximate surface area is 120 Å². The van der Waals surface area contributed by atoms with Gasteiger partial charge < -0.3 is 10.1 Å². The predicted octanol–water partition coefficient (Wildman–Crippen LogP) is 2.92. The number of aryl methyl sites for hydroxylation is 2. The van der Waals surface area contributed by atoms with E-state index in [-0.39, 0.29) is 6.04 Å². The first kappa shape index (κ1) is 14.6. The van der Waals surface area contributed by atoms with Crippen molar-refractivity contribution < 1.29 is 4.74 Å². The lowest BCUT2D eigenvalue weighted by Gasteiger charge is -2.22. The highest BCUT2D eigenvalue weighted by molar-refractivity contribution is 5.42. The summed E-state index contributed by atoms with van der Waals surface area (Å²) in [5.41, 5.74) is 3.55. The van der Waals surface area contributed by atoms with E-state index in [2.05, 4.69) is 49.4 Å². The summed E-state index contributed by atoms with van der Waals surface area (Å²) in [4.78, 5) is 0. The lowest BCUT2D eigenvalue weighted by atomic mass is 10.00. The second-order valence-electron chi connectivity index (χ2n) is 4.81. The van der Waals surface area contributed by atoms with Crippen LogP contribution < -0.4 is 10.1 Å². The summed E-state index contributed by atoms with van der Waals surface area (Å²) in [6, 6.07) is 8.44. The van der Waals surface area contributed by atoms with Crippen molar-refractivity contribution in [2.24, 2.45) is 0 Å². The van der Waals surface area contributed by atoms with Gasteiger partial charge in [-0.2, -0.15) is 5.10 Å². The third-order valence-electron chi connectivity index (χ3n) is 3.45. The Balaban J connectivity index is 2.50. The fourth-order valence-corrected chi connectivity index (χ4v) is 2.51. The quantitative estimate of drug-likeness (QED) is 0.879. The van der Waals surface area contributed by atoms with E-state index in [4.69, 9.17) is 4.74 Å². The van der Waals surface area contributed by atoms with Gasteiger partial charge in [0.15, 0.2) is 0 Å². The number of nitrogens with zero attached hydrogens (tertiary/aromatic N) is 2. The molecule has 0 bridgehead atoms. The van der Waals surface area contributed by atoms with Gasteiger partial charge >= 0.3 is 0 Å². The first-order chi connectivity index (χ1) is 9.71. The van der Waals surface area contributed by atoms with Gasteiger partial charge in [-0.3, -0.25) is 4.68 Å². The van der Waals surface area contributed by atoms with Crippen LogP contribution in [-0.4, -0.2) is 23.4 Å². The Morgan fingerprint density at radius 1 is 1.30 bits per heavy atom. The molecule has 20 heavy (non-hydrogen) atoms. The van der Waals surface area contributed by atoms with E-state index in [9.17, 15) is 0 Å². The predicted molar refractivity (Wildman–Crippen MR) is 81.2 cm³/mol. The van der Waals surface area contributed by atoms with E-state index >= 15 is 0 Å². The number of nitrogens with one attached hydrogen (secondary N) is 1. The largest absolute Gasteiger partial charge is 0.496 e. The Kier molecular flexibility index (Phi) is 4.79. The molecule has 1 aromatic heterocycles. The molecule has 1 aromatic carbocycles. The molecule has 2 aromatic rings. The summed E-state index contributed by atoms with van der Waals surface area (Å²) < 4.78 is 7.55. The Hall–Kier alpha value is -1.81. The third-order valence-corrected chi connectivity index (χ3v) is 3.45. The van der Waals surface area contributed by atoms with Crippen molar-refractivity contribution in [3.63, 3.8) is 0 Å². The van der Waals surface area contributed by atoms with Gasteiger partial charge in [0.1, 0.15) is 5.75 Å². The van der Waals surface area contributed by atoms with Crippen LogP contribution in [0.25, 0.3) is 0 Å². The van der Waals surface area contributed by atoms with Gasteiger partial charge in [-0.15, -0.1) is 0 Å². The molecule has 0 aliphatic heterocycles. The molecule has 4 heteroatoms. The number of benzene rings is 1. The van der Waals surface area contributed by atoms with Crippen LogP contribution in [0.15, 0.2) is 30.5 Å². The minimum absolute atomic E-state index is 0.0947. The molecule has 0 aliphatic carbocycles. The van der Waals surface area contributed by atoms with Crippen LogP contribution in [0.4, 0.5) is 0 Å². The van der Waals surface area contributed by atoms with E-state index in [1.54, 1.807) is 7.11 Å². The minimum atomic E-state index is 0.0947. The number of hydrogen-bond donors (Lipinski definition) is 1. The molecule has 0 aliphatic rings. The number of aromatic nitrogens is 2. The monoisotopic (exact) mass is 273 g/mol. The molecule has 1 heterocycles. The standard InChI is InChI=1S/C16H23N3O/c1-5-17-16(14-9-10-18-19(14)6-2)13-11-12(3)7-8-15(13)20-4/h7-11,16-17H,5-6H2,1-4H3. The van der Waals surface area contributed by atoms with Crippen molar-refractivity contribution in [1.29, 1.82) is 0 Å². The van der Waals surface area contributed by atoms with Gasteiger partial charge in [-0.1, -0.05) is 24.6 Å². The summed E-state index contributed by atoms with van der Waals surface area (Å²) in [6.45, 7) is 8.06. The zero-order valence-electron chi connectivity index (χ0n) is 12.7. The van der Waals surface area contributed by atoms with Gasteiger partial charge in [-0.25, -0.2) is 0 Å². The first-order valence-corrected chi connectivity index (χ1v) is 7.10. The summed E-state index contributed by atoms with van der Waals surface area (Å²) >= 11 is 0. The van der Waals surface area contributed by atoms with Crippen LogP contribution in [-0.2, 0) is 6.54 Å². The number of ether oxygens (including phenoxy) is 1. The minimum Gasteiger partial charge on any atom is -0.496 e. The SMILES string of the molecule is CCNC(c1cc(C)ccc1OC)c1ccnn1CC. The van der Waals surface area contributed by atoms with Gasteiger partial charge in [-0.05, 0) is 32.5 Å². The number of methoxy groups -OCH3 is 1. The zero-order valence-corrected chi connectivity index (χ0v) is 12.7. The molecule has 0 spiro atoms. The molecule has 0 saturated heterocycles. The molecule has 0 saturated carbocycles. The Bertz CT molecular complexity index is 563. The van der Waals surface area contributed by atoms with E-state index < -0.39 is 0 Å². The molecule has 0 radical (unpaired) electrons. The molecule has 108 valence electrons. The van der Waals surface area contributed by atoms with Crippen molar-refractivity contribution in [3.05, 3.63) is 47.3 Å². The van der Waals surface area contributed by atoms with Crippen molar-refractivity contribution >= 4 is 0 Å². The molecular weight excluding hydrogens is 250 g/mol. The highest BCUT2D eigenvalue weighted by Gasteiger charge is 2.20. The first-order valence-electron chi connectivity index (χ1n) is 7.10. The third kappa shape index (κ3) is 2.85. The van der Waals surface area contributed by atoms with Crippen LogP contribution >= 0.6 is 0 Å². The fourth-order valence-electron chi connectivity index (χ4n) is 2.51. The lowest BCUT2D eigenvalue weighted by Crippen LogP contribution is -2.25. The maximum Gasteiger partial charge on any atom is 0.124 e. The fraction of sp³-hybridized carbons (Fsp3) is 0.438. The Morgan fingerprint density at radius 2 is 2.10 bits per heavy atom. The van der Waals surface area contributed by atoms with Crippen molar-refractivity contribution in [1.82, 2.24) is 15.1 Å². The lowest BCUT2D eigenvalue weighted by molar-refractivity contribution is 0.402. The van der Waals surface area contributed by atoms with Gasteiger partial charge in [0.25, 0.3) is 0 Å². The van der Waals surface area contributed by atoms with E-state index in [1.807, 2.05) is 16.9 Å². The molecule has 2 rings (SSSR count). The second-order valence-corrected chi connectivity index (χ2v) is 4.81. The molecule has 1 unspecified atom stereocenters. The van der Waals surface area contributed by atoms with Crippen LogP contribution in [0.5, 0.6) is 5.75 Å². The van der Waals surface area contributed by atoms with Gasteiger partial charge in [0.05, 0.1) is 18.8 Å². The molecule has 1 atom stereocenters. The average molecular weight is 273 g/mol. The van der Waals surface area contributed by atoms with Crippen molar-refractivity contribution in [2.75, 3.05) is 13.7 Å². The van der Waals surface area contributed by atoms with Crippen LogP contribution in [0.3, 0.4) is 0 Å². The Morgan fingerprint density at radius 3 is 2.75 bits per heavy atom. The molecule has 1 N–H and O–H groups in total. The van der Waals surface area contributed by atoms with E-state index in [0.717, 1.165) is 24.4 Å². The topological polar surface area (TPSA) is 39.1 Å². The zero-order chi connectivity index (χ0) is 14.5. The van der Waals surface area contributed by atoms with Gasteiger partial charge in [0, 0.05) is 18.3 Å². The summed E-state index contributed by atoms with van der Waals surface area (Å²) in [7, 11) is 1.72.